The topological polar surface area (TPSA) is 85.5 Å². The van der Waals surface area contributed by atoms with E-state index in [4.69, 9.17) is 9.84 Å². The second-order valence-corrected chi connectivity index (χ2v) is 4.08. The number of aliphatic hydroxyl groups is 1. The first-order valence-corrected chi connectivity index (χ1v) is 6.16. The summed E-state index contributed by atoms with van der Waals surface area (Å²) in [6.07, 6.45) is 1.77. The summed E-state index contributed by atoms with van der Waals surface area (Å²) < 4.78 is 5.58. The molecule has 1 heterocycles. The lowest BCUT2D eigenvalue weighted by Crippen LogP contribution is -2.01. The van der Waals surface area contributed by atoms with Gasteiger partial charge in [0.1, 0.15) is 11.9 Å². The summed E-state index contributed by atoms with van der Waals surface area (Å²) >= 11 is 0. The molecule has 104 valence electrons. The quantitative estimate of drug-likeness (QED) is 0.496. The zero-order chi connectivity index (χ0) is 14.4. The van der Waals surface area contributed by atoms with Crippen molar-refractivity contribution in [2.75, 3.05) is 13.2 Å². The number of aromatic nitrogens is 1. The summed E-state index contributed by atoms with van der Waals surface area (Å²) in [4.78, 5) is 14.2. The molecule has 1 aromatic carbocycles. The highest BCUT2D eigenvalue weighted by molar-refractivity contribution is 5.67. The molecule has 0 spiro atoms. The molecular formula is C14H14N2O4. The highest BCUT2D eigenvalue weighted by atomic mass is 16.6. The van der Waals surface area contributed by atoms with Gasteiger partial charge in [-0.2, -0.15) is 0 Å². The van der Waals surface area contributed by atoms with Crippen molar-refractivity contribution in [1.29, 1.82) is 0 Å². The number of pyridine rings is 1. The number of hydrogen-bond acceptors (Lipinski definition) is 5. The van der Waals surface area contributed by atoms with Crippen molar-refractivity contribution in [3.63, 3.8) is 0 Å². The Kier molecular flexibility index (Phi) is 4.62. The van der Waals surface area contributed by atoms with Crippen LogP contribution >= 0.6 is 0 Å². The smallest absolute Gasteiger partial charge is 0.287 e. The highest BCUT2D eigenvalue weighted by Crippen LogP contribution is 2.29. The fraction of sp³-hybridized carbons (Fsp3) is 0.214. The molecule has 0 saturated carbocycles. The molecule has 2 aromatic rings. The third-order valence-electron chi connectivity index (χ3n) is 2.68. The first-order chi connectivity index (χ1) is 9.72. The molecule has 0 aliphatic rings. The van der Waals surface area contributed by atoms with Gasteiger partial charge in [-0.25, -0.2) is 4.98 Å². The summed E-state index contributed by atoms with van der Waals surface area (Å²) in [7, 11) is 0. The average molecular weight is 274 g/mol. The van der Waals surface area contributed by atoms with Crippen LogP contribution in [-0.2, 0) is 0 Å². The van der Waals surface area contributed by atoms with Crippen molar-refractivity contribution >= 4 is 5.69 Å². The highest BCUT2D eigenvalue weighted by Gasteiger charge is 2.10. The summed E-state index contributed by atoms with van der Waals surface area (Å²) in [5, 5.41) is 19.4. The molecule has 0 aliphatic heterocycles. The Bertz CT molecular complexity index is 584. The van der Waals surface area contributed by atoms with E-state index in [1.165, 1.54) is 12.3 Å². The van der Waals surface area contributed by atoms with Crippen LogP contribution in [-0.4, -0.2) is 28.2 Å². The monoisotopic (exact) mass is 274 g/mol. The molecule has 20 heavy (non-hydrogen) atoms. The minimum Gasteiger partial charge on any atom is -0.493 e. The molecule has 0 saturated heterocycles. The van der Waals surface area contributed by atoms with Crippen LogP contribution in [0.4, 0.5) is 5.69 Å². The van der Waals surface area contributed by atoms with Gasteiger partial charge >= 0.3 is 0 Å². The standard InChI is InChI=1S/C14H14N2O4/c17-8-3-9-20-14-5-2-1-4-12(14)13-7-6-11(10-15-13)16(18)19/h1-2,4-7,10,17H,3,8-9H2. The Hall–Kier alpha value is -2.47. The first-order valence-electron chi connectivity index (χ1n) is 6.16. The van der Waals surface area contributed by atoms with Crippen molar-refractivity contribution in [3.05, 3.63) is 52.7 Å². The van der Waals surface area contributed by atoms with Crippen LogP contribution in [0.1, 0.15) is 6.42 Å². The molecule has 1 aromatic heterocycles. The lowest BCUT2D eigenvalue weighted by molar-refractivity contribution is -0.385. The largest absolute Gasteiger partial charge is 0.493 e. The van der Waals surface area contributed by atoms with E-state index in [0.29, 0.717) is 24.5 Å². The molecular weight excluding hydrogens is 260 g/mol. The van der Waals surface area contributed by atoms with Crippen molar-refractivity contribution in [3.8, 4) is 17.0 Å². The predicted octanol–water partition coefficient (Wildman–Crippen LogP) is 2.42. The lowest BCUT2D eigenvalue weighted by atomic mass is 10.1. The van der Waals surface area contributed by atoms with Gasteiger partial charge in [-0.3, -0.25) is 10.1 Å². The van der Waals surface area contributed by atoms with Crippen LogP contribution < -0.4 is 4.74 Å². The number of nitrogens with zero attached hydrogens (tertiary/aromatic N) is 2. The molecule has 0 fully saturated rings. The van der Waals surface area contributed by atoms with Crippen molar-refractivity contribution in [2.45, 2.75) is 6.42 Å². The molecule has 0 bridgehead atoms. The number of aliphatic hydroxyl groups excluding tert-OH is 1. The van der Waals surface area contributed by atoms with Crippen LogP contribution in [0.25, 0.3) is 11.3 Å². The van der Waals surface area contributed by atoms with Gasteiger partial charge in [0.25, 0.3) is 5.69 Å². The van der Waals surface area contributed by atoms with E-state index in [9.17, 15) is 10.1 Å². The molecule has 0 aliphatic carbocycles. The van der Waals surface area contributed by atoms with Gasteiger partial charge in [-0.1, -0.05) is 12.1 Å². The van der Waals surface area contributed by atoms with Crippen LogP contribution in [0, 0.1) is 10.1 Å². The Morgan fingerprint density at radius 2 is 2.05 bits per heavy atom. The molecule has 6 heteroatoms. The van der Waals surface area contributed by atoms with Crippen LogP contribution in [0.15, 0.2) is 42.6 Å². The Morgan fingerprint density at radius 1 is 1.25 bits per heavy atom. The number of nitro groups is 1. The van der Waals surface area contributed by atoms with E-state index < -0.39 is 4.92 Å². The minimum atomic E-state index is -0.486. The third-order valence-corrected chi connectivity index (χ3v) is 2.68. The summed E-state index contributed by atoms with van der Waals surface area (Å²) in [5.41, 5.74) is 1.32. The minimum absolute atomic E-state index is 0.0487. The average Bonchev–Trinajstić information content (AvgIpc) is 2.48. The Morgan fingerprint density at radius 3 is 2.70 bits per heavy atom. The second-order valence-electron chi connectivity index (χ2n) is 4.08. The fourth-order valence-electron chi connectivity index (χ4n) is 1.70. The maximum atomic E-state index is 10.6. The zero-order valence-electron chi connectivity index (χ0n) is 10.7. The van der Waals surface area contributed by atoms with Gasteiger partial charge in [0, 0.05) is 24.7 Å². The van der Waals surface area contributed by atoms with E-state index in [-0.39, 0.29) is 12.3 Å². The van der Waals surface area contributed by atoms with E-state index >= 15 is 0 Å². The van der Waals surface area contributed by atoms with E-state index in [0.717, 1.165) is 5.56 Å². The fourth-order valence-corrected chi connectivity index (χ4v) is 1.70. The van der Waals surface area contributed by atoms with Crippen molar-refractivity contribution < 1.29 is 14.8 Å². The van der Waals surface area contributed by atoms with Crippen LogP contribution in [0.2, 0.25) is 0 Å². The van der Waals surface area contributed by atoms with E-state index in [2.05, 4.69) is 4.98 Å². The van der Waals surface area contributed by atoms with Gasteiger partial charge in [-0.05, 0) is 18.2 Å². The summed E-state index contributed by atoms with van der Waals surface area (Å²) in [5.74, 6) is 0.641. The SMILES string of the molecule is O=[N+]([O-])c1ccc(-c2ccccc2OCCCO)nc1. The first kappa shape index (κ1) is 14.0. The number of para-hydroxylation sites is 1. The van der Waals surface area contributed by atoms with Gasteiger partial charge in [-0.15, -0.1) is 0 Å². The van der Waals surface area contributed by atoms with Crippen molar-refractivity contribution in [2.24, 2.45) is 0 Å². The van der Waals surface area contributed by atoms with Gasteiger partial charge < -0.3 is 9.84 Å². The second kappa shape index (κ2) is 6.63. The molecule has 2 rings (SSSR count). The zero-order valence-corrected chi connectivity index (χ0v) is 10.7. The molecule has 0 radical (unpaired) electrons. The Balaban J connectivity index is 2.25. The van der Waals surface area contributed by atoms with Gasteiger partial charge in [0.15, 0.2) is 0 Å². The molecule has 0 amide bonds. The number of benzene rings is 1. The van der Waals surface area contributed by atoms with E-state index in [1.54, 1.807) is 12.1 Å². The maximum Gasteiger partial charge on any atom is 0.287 e. The molecule has 0 unspecified atom stereocenters. The summed E-state index contributed by atoms with van der Waals surface area (Å²) in [6.45, 7) is 0.471. The van der Waals surface area contributed by atoms with E-state index in [1.807, 2.05) is 18.2 Å². The summed E-state index contributed by atoms with van der Waals surface area (Å²) in [6, 6.07) is 10.3. The third kappa shape index (κ3) is 3.30. The number of hydrogen-bond donors (Lipinski definition) is 1. The predicted molar refractivity (Wildman–Crippen MR) is 73.5 cm³/mol. The molecule has 0 atom stereocenters. The molecule has 1 N–H and O–H groups in total. The lowest BCUT2D eigenvalue weighted by Gasteiger charge is -2.10. The van der Waals surface area contributed by atoms with Gasteiger partial charge in [0.2, 0.25) is 0 Å². The number of ether oxygens (including phenoxy) is 1. The van der Waals surface area contributed by atoms with Crippen molar-refractivity contribution in [1.82, 2.24) is 4.98 Å². The van der Waals surface area contributed by atoms with Gasteiger partial charge in [0.05, 0.1) is 17.2 Å². The normalized spacial score (nSPS) is 10.2. The van der Waals surface area contributed by atoms with Crippen LogP contribution in [0.5, 0.6) is 5.75 Å². The number of rotatable bonds is 6. The van der Waals surface area contributed by atoms with Crippen LogP contribution in [0.3, 0.4) is 0 Å². The Labute approximate surface area is 115 Å². The maximum absolute atomic E-state index is 10.6. The molecule has 6 nitrogen and oxygen atoms in total.